The summed E-state index contributed by atoms with van der Waals surface area (Å²) in [5.41, 5.74) is 0.884. The molecule has 1 aromatic rings. The number of para-hydroxylation sites is 1. The lowest BCUT2D eigenvalue weighted by molar-refractivity contribution is -0.360. The molecule has 1 aromatic carbocycles. The third-order valence-corrected chi connectivity index (χ3v) is 9.31. The van der Waals surface area contributed by atoms with E-state index in [0.29, 0.717) is 16.6 Å². The van der Waals surface area contributed by atoms with E-state index in [2.05, 4.69) is 4.74 Å². The first-order valence-corrected chi connectivity index (χ1v) is 11.4. The average molecular weight is 468 g/mol. The maximum atomic E-state index is 13.5. The highest BCUT2D eigenvalue weighted by Gasteiger charge is 2.61. The van der Waals surface area contributed by atoms with E-state index in [0.717, 1.165) is 51.4 Å². The third kappa shape index (κ3) is 7.24. The van der Waals surface area contributed by atoms with Crippen molar-refractivity contribution in [2.75, 3.05) is 0 Å². The Kier molecular flexibility index (Phi) is 8.39. The normalized spacial score (nSPS) is 19.1. The molecule has 2 fully saturated rings. The van der Waals surface area contributed by atoms with Crippen LogP contribution in [0.2, 0.25) is 0 Å². The molecule has 12 heteroatoms. The van der Waals surface area contributed by atoms with Gasteiger partial charge in [0, 0.05) is 7.92 Å². The summed E-state index contributed by atoms with van der Waals surface area (Å²) in [6.45, 7) is 0. The summed E-state index contributed by atoms with van der Waals surface area (Å²) in [7, 11) is -7.25. The topological polar surface area (TPSA) is 9.23 Å². The number of hydrogen-bond acceptors (Lipinski definition) is 1. The van der Waals surface area contributed by atoms with Crippen LogP contribution in [-0.2, 0) is 0 Å². The summed E-state index contributed by atoms with van der Waals surface area (Å²) in [5.74, 6) is -0.280. The zero-order valence-corrected chi connectivity index (χ0v) is 17.0. The second kappa shape index (κ2) is 10.0. The SMILES string of the molecule is FC(F)(F)C(F)(F)Oc1ccccc1[PH+](C1CCCC1)C1CCCC1.F[B-](F)(F)F. The van der Waals surface area contributed by atoms with Crippen LogP contribution in [0, 0.1) is 0 Å². The molecule has 0 aromatic heterocycles. The van der Waals surface area contributed by atoms with E-state index in [1.807, 2.05) is 0 Å². The Morgan fingerprint density at radius 2 is 1.17 bits per heavy atom. The van der Waals surface area contributed by atoms with Crippen molar-refractivity contribution < 1.29 is 44.0 Å². The Labute approximate surface area is 170 Å². The second-order valence-corrected chi connectivity index (χ2v) is 10.6. The summed E-state index contributed by atoms with van der Waals surface area (Å²) < 4.78 is 108. The fraction of sp³-hybridized carbons (Fsp3) is 0.667. The Bertz CT molecular complexity index is 646. The van der Waals surface area contributed by atoms with Crippen molar-refractivity contribution in [1.82, 2.24) is 0 Å². The van der Waals surface area contributed by atoms with Crippen molar-refractivity contribution in [3.05, 3.63) is 24.3 Å². The van der Waals surface area contributed by atoms with Crippen molar-refractivity contribution in [3.8, 4) is 5.75 Å². The van der Waals surface area contributed by atoms with E-state index in [9.17, 15) is 39.2 Å². The first-order chi connectivity index (χ1) is 13.8. The van der Waals surface area contributed by atoms with Gasteiger partial charge in [0.25, 0.3) is 0 Å². The Balaban J connectivity index is 0.000000575. The zero-order chi connectivity index (χ0) is 22.6. The number of alkyl halides is 5. The summed E-state index contributed by atoms with van der Waals surface area (Å²) >= 11 is 0. The molecule has 0 bridgehead atoms. The van der Waals surface area contributed by atoms with Gasteiger partial charge in [0.1, 0.15) is 5.30 Å². The molecule has 172 valence electrons. The lowest BCUT2D eigenvalue weighted by Crippen LogP contribution is -2.42. The molecule has 0 aliphatic heterocycles. The quantitative estimate of drug-likeness (QED) is 0.252. The summed E-state index contributed by atoms with van der Waals surface area (Å²) in [5, 5.41) is 0.621. The lowest BCUT2D eigenvalue weighted by atomic mass is 10.3. The van der Waals surface area contributed by atoms with Gasteiger partial charge in [-0.25, -0.2) is 0 Å². The first-order valence-electron chi connectivity index (χ1n) is 9.76. The maximum absolute atomic E-state index is 13.5. The summed E-state index contributed by atoms with van der Waals surface area (Å²) in [6.07, 6.45) is -2.20. The minimum atomic E-state index is -6.00. The van der Waals surface area contributed by atoms with Gasteiger partial charge in [-0.3, -0.25) is 0 Å². The van der Waals surface area contributed by atoms with Gasteiger partial charge >= 0.3 is 19.5 Å². The molecule has 1 nitrogen and oxygen atoms in total. The van der Waals surface area contributed by atoms with Gasteiger partial charge in [0.2, 0.25) is 0 Å². The lowest BCUT2D eigenvalue weighted by Gasteiger charge is -2.26. The minimum absolute atomic E-state index is 0.280. The smallest absolute Gasteiger partial charge is 0.422 e. The molecule has 0 radical (unpaired) electrons. The Morgan fingerprint density at radius 1 is 0.767 bits per heavy atom. The summed E-state index contributed by atoms with van der Waals surface area (Å²) in [6, 6.07) is 6.17. The fourth-order valence-electron chi connectivity index (χ4n) is 4.24. The molecular formula is C18H23BF9OP. The van der Waals surface area contributed by atoms with Crippen LogP contribution in [0.3, 0.4) is 0 Å². The largest absolute Gasteiger partial charge is 0.673 e. The van der Waals surface area contributed by atoms with Crippen LogP contribution in [0.5, 0.6) is 5.75 Å². The Morgan fingerprint density at radius 3 is 1.57 bits per heavy atom. The highest BCUT2D eigenvalue weighted by Crippen LogP contribution is 2.57. The van der Waals surface area contributed by atoms with Crippen LogP contribution in [0.4, 0.5) is 39.2 Å². The van der Waals surface area contributed by atoms with Gasteiger partial charge in [-0.1, -0.05) is 12.1 Å². The Hall–Kier alpha value is -1.12. The van der Waals surface area contributed by atoms with Gasteiger partial charge in [-0.05, 0) is 63.5 Å². The van der Waals surface area contributed by atoms with Gasteiger partial charge in [-0.15, -0.1) is 0 Å². The van der Waals surface area contributed by atoms with Crippen molar-refractivity contribution in [3.63, 3.8) is 0 Å². The zero-order valence-electron chi connectivity index (χ0n) is 16.0. The number of hydrogen-bond donors (Lipinski definition) is 0. The van der Waals surface area contributed by atoms with Crippen molar-refractivity contribution in [2.45, 2.75) is 75.0 Å². The molecule has 0 amide bonds. The molecule has 2 aliphatic carbocycles. The number of ether oxygens (including phenoxy) is 1. The number of benzene rings is 1. The molecule has 0 N–H and O–H groups in total. The van der Waals surface area contributed by atoms with E-state index in [4.69, 9.17) is 0 Å². The van der Waals surface area contributed by atoms with Crippen LogP contribution in [-0.4, -0.2) is 30.9 Å². The van der Waals surface area contributed by atoms with Crippen molar-refractivity contribution in [1.29, 1.82) is 0 Å². The van der Waals surface area contributed by atoms with Gasteiger partial charge in [-0.2, -0.15) is 22.0 Å². The molecule has 0 saturated heterocycles. The maximum Gasteiger partial charge on any atom is 0.673 e. The fourth-order valence-corrected chi connectivity index (χ4v) is 8.55. The molecule has 0 atom stereocenters. The van der Waals surface area contributed by atoms with Crippen LogP contribution >= 0.6 is 7.92 Å². The predicted molar refractivity (Wildman–Crippen MR) is 101 cm³/mol. The standard InChI is InChI=1S/C18H22F5OP.BF4/c19-17(20,21)18(22,23)24-15-11-5-6-12-16(15)25(13-7-1-2-8-13)14-9-3-4-10-14;2-1(3,4)5/h5-6,11-14H,1-4,7-10H2;/q;-1/p+1. The van der Waals surface area contributed by atoms with Gasteiger partial charge < -0.3 is 22.0 Å². The molecule has 30 heavy (non-hydrogen) atoms. The molecule has 0 spiro atoms. The van der Waals surface area contributed by atoms with Crippen LogP contribution < -0.4 is 10.0 Å². The van der Waals surface area contributed by atoms with Crippen molar-refractivity contribution >= 4 is 20.5 Å². The third-order valence-electron chi connectivity index (χ3n) is 5.36. The molecule has 2 aliphatic rings. The number of rotatable bonds is 5. The summed E-state index contributed by atoms with van der Waals surface area (Å²) in [4.78, 5) is 0. The van der Waals surface area contributed by atoms with E-state index in [1.165, 1.54) is 12.1 Å². The van der Waals surface area contributed by atoms with Gasteiger partial charge in [0.15, 0.2) is 5.75 Å². The monoisotopic (exact) mass is 468 g/mol. The molecular weight excluding hydrogens is 445 g/mol. The van der Waals surface area contributed by atoms with Crippen LogP contribution in [0.1, 0.15) is 51.4 Å². The van der Waals surface area contributed by atoms with E-state index in [-0.39, 0.29) is 5.75 Å². The molecule has 0 heterocycles. The van der Waals surface area contributed by atoms with Crippen LogP contribution in [0.25, 0.3) is 0 Å². The molecule has 0 unspecified atom stereocenters. The van der Waals surface area contributed by atoms with Crippen molar-refractivity contribution in [2.24, 2.45) is 0 Å². The average Bonchev–Trinajstić information content (AvgIpc) is 3.28. The van der Waals surface area contributed by atoms with Gasteiger partial charge in [0.05, 0.1) is 11.3 Å². The highest BCUT2D eigenvalue weighted by atomic mass is 31.1. The first kappa shape index (κ1) is 25.1. The highest BCUT2D eigenvalue weighted by molar-refractivity contribution is 7.67. The van der Waals surface area contributed by atoms with Crippen LogP contribution in [0.15, 0.2) is 24.3 Å². The number of halogens is 9. The van der Waals surface area contributed by atoms with E-state index < -0.39 is 27.5 Å². The van der Waals surface area contributed by atoms with E-state index >= 15 is 0 Å². The minimum Gasteiger partial charge on any atom is -0.422 e. The second-order valence-electron chi connectivity index (χ2n) is 7.53. The predicted octanol–water partition coefficient (Wildman–Crippen LogP) is 7.25. The van der Waals surface area contributed by atoms with E-state index in [1.54, 1.807) is 12.1 Å². The molecule has 3 rings (SSSR count). The molecule has 2 saturated carbocycles.